The van der Waals surface area contributed by atoms with Crippen molar-refractivity contribution >= 4 is 33.9 Å². The molecule has 1 aromatic rings. The summed E-state index contributed by atoms with van der Waals surface area (Å²) >= 11 is 0. The zero-order valence-electron chi connectivity index (χ0n) is 14.6. The van der Waals surface area contributed by atoms with Gasteiger partial charge in [0.25, 0.3) is 16.0 Å². The summed E-state index contributed by atoms with van der Waals surface area (Å²) in [5.74, 6) is 0.0948. The molecule has 1 aromatic carbocycles. The molecule has 0 spiro atoms. The van der Waals surface area contributed by atoms with Crippen LogP contribution in [-0.2, 0) is 14.8 Å². The van der Waals surface area contributed by atoms with Crippen LogP contribution in [0.2, 0.25) is 0 Å². The second kappa shape index (κ2) is 6.39. The predicted octanol–water partition coefficient (Wildman–Crippen LogP) is 1.60. The third-order valence-electron chi connectivity index (χ3n) is 5.04. The number of nitrogens with zero attached hydrogens (tertiary/aromatic N) is 5. The maximum absolute atomic E-state index is 12.9. The smallest absolute Gasteiger partial charge is 0.287 e. The SMILES string of the molecule is CCC1CCCCN1C(=O)CN1C=NC2=NS(=O)(=O)c3ccccc3N21. The molecule has 0 aromatic heterocycles. The Hall–Kier alpha value is -2.42. The van der Waals surface area contributed by atoms with Crippen LogP contribution in [0, 0.1) is 0 Å². The van der Waals surface area contributed by atoms with Crippen molar-refractivity contribution in [1.29, 1.82) is 0 Å². The number of carbonyl (C=O) groups is 1. The van der Waals surface area contributed by atoms with Gasteiger partial charge in [0, 0.05) is 12.6 Å². The summed E-state index contributed by atoms with van der Waals surface area (Å²) in [6.45, 7) is 2.98. The van der Waals surface area contributed by atoms with Crippen molar-refractivity contribution in [2.75, 3.05) is 18.1 Å². The number of para-hydroxylation sites is 1. The Labute approximate surface area is 152 Å². The molecule has 0 radical (unpaired) electrons. The van der Waals surface area contributed by atoms with E-state index in [0.29, 0.717) is 5.69 Å². The van der Waals surface area contributed by atoms with Gasteiger partial charge >= 0.3 is 0 Å². The zero-order chi connectivity index (χ0) is 18.3. The summed E-state index contributed by atoms with van der Waals surface area (Å²) in [6.07, 6.45) is 5.62. The van der Waals surface area contributed by atoms with Crippen molar-refractivity contribution < 1.29 is 13.2 Å². The number of benzene rings is 1. The van der Waals surface area contributed by atoms with Crippen molar-refractivity contribution in [2.24, 2.45) is 9.39 Å². The molecule has 0 bridgehead atoms. The van der Waals surface area contributed by atoms with Crippen LogP contribution in [-0.4, -0.2) is 55.7 Å². The van der Waals surface area contributed by atoms with Gasteiger partial charge < -0.3 is 4.90 Å². The molecular formula is C17H21N5O3S. The number of carbonyl (C=O) groups excluding carboxylic acids is 1. The molecule has 1 saturated heterocycles. The molecule has 8 nitrogen and oxygen atoms in total. The van der Waals surface area contributed by atoms with Crippen LogP contribution in [0.15, 0.2) is 38.6 Å². The largest absolute Gasteiger partial charge is 0.338 e. The minimum Gasteiger partial charge on any atom is -0.338 e. The first kappa shape index (κ1) is 17.0. The van der Waals surface area contributed by atoms with Crippen molar-refractivity contribution in [3.8, 4) is 0 Å². The van der Waals surface area contributed by atoms with Crippen molar-refractivity contribution in [1.82, 2.24) is 9.91 Å². The second-order valence-electron chi connectivity index (χ2n) is 6.63. The number of hydrogen-bond donors (Lipinski definition) is 0. The highest BCUT2D eigenvalue weighted by Gasteiger charge is 2.38. The van der Waals surface area contributed by atoms with E-state index in [1.807, 2.05) is 4.90 Å². The molecule has 0 aliphatic carbocycles. The molecule has 1 fully saturated rings. The fraction of sp³-hybridized carbons (Fsp3) is 0.471. The average molecular weight is 375 g/mol. The number of anilines is 1. The van der Waals surface area contributed by atoms with Crippen LogP contribution in [0.3, 0.4) is 0 Å². The number of sulfonamides is 1. The third kappa shape index (κ3) is 2.76. The Morgan fingerprint density at radius 3 is 2.88 bits per heavy atom. The third-order valence-corrected chi connectivity index (χ3v) is 6.35. The number of hydrazine groups is 1. The maximum Gasteiger partial charge on any atom is 0.287 e. The van der Waals surface area contributed by atoms with Gasteiger partial charge in [-0.1, -0.05) is 19.1 Å². The number of rotatable bonds is 3. The number of amides is 1. The number of piperidine rings is 1. The van der Waals surface area contributed by atoms with Crippen LogP contribution in [0.4, 0.5) is 5.69 Å². The molecule has 26 heavy (non-hydrogen) atoms. The molecule has 4 rings (SSSR count). The molecular weight excluding hydrogens is 354 g/mol. The quantitative estimate of drug-likeness (QED) is 0.801. The van der Waals surface area contributed by atoms with Crippen LogP contribution >= 0.6 is 0 Å². The van der Waals surface area contributed by atoms with Crippen molar-refractivity contribution in [2.45, 2.75) is 43.5 Å². The Bertz CT molecular complexity index is 895. The highest BCUT2D eigenvalue weighted by molar-refractivity contribution is 7.90. The lowest BCUT2D eigenvalue weighted by molar-refractivity contribution is -0.135. The minimum absolute atomic E-state index is 0.0233. The number of fused-ring (bicyclic) bond motifs is 3. The highest BCUT2D eigenvalue weighted by atomic mass is 32.2. The summed E-state index contributed by atoms with van der Waals surface area (Å²) in [7, 11) is -3.77. The molecule has 9 heteroatoms. The molecule has 1 atom stereocenters. The standard InChI is InChI=1S/C17H21N5O3S/c1-2-13-7-5-6-10-21(13)16(23)11-20-12-18-17-19-26(24,25)15-9-4-3-8-14(15)22(17)20/h3-4,8-9,12-13H,2,5-7,10-11H2,1H3. The van der Waals surface area contributed by atoms with Gasteiger partial charge in [0.2, 0.25) is 5.91 Å². The first-order valence-corrected chi connectivity index (χ1v) is 10.3. The van der Waals surface area contributed by atoms with E-state index in [-0.39, 0.29) is 29.3 Å². The first-order valence-electron chi connectivity index (χ1n) is 8.85. The summed E-state index contributed by atoms with van der Waals surface area (Å²) in [4.78, 5) is 19.0. The van der Waals surface area contributed by atoms with E-state index in [1.54, 1.807) is 28.2 Å². The van der Waals surface area contributed by atoms with Gasteiger partial charge in [-0.25, -0.2) is 5.01 Å². The lowest BCUT2D eigenvalue weighted by atomic mass is 10.00. The van der Waals surface area contributed by atoms with E-state index in [4.69, 9.17) is 0 Å². The Kier molecular flexibility index (Phi) is 4.18. The molecule has 3 aliphatic heterocycles. The number of guanidine groups is 1. The first-order chi connectivity index (χ1) is 12.5. The Morgan fingerprint density at radius 2 is 2.08 bits per heavy atom. The fourth-order valence-corrected chi connectivity index (χ4v) is 4.86. The normalized spacial score (nSPS) is 23.5. The minimum atomic E-state index is -3.77. The monoisotopic (exact) mass is 375 g/mol. The second-order valence-corrected chi connectivity index (χ2v) is 8.21. The van der Waals surface area contributed by atoms with Crippen LogP contribution in [0.25, 0.3) is 0 Å². The van der Waals surface area contributed by atoms with Gasteiger partial charge in [-0.2, -0.15) is 13.4 Å². The number of likely N-dealkylation sites (tertiary alicyclic amines) is 1. The maximum atomic E-state index is 12.9. The van der Waals surface area contributed by atoms with E-state index in [2.05, 4.69) is 16.3 Å². The number of hydrogen-bond acceptors (Lipinski definition) is 6. The summed E-state index contributed by atoms with van der Waals surface area (Å²) in [6, 6.07) is 6.90. The molecule has 138 valence electrons. The van der Waals surface area contributed by atoms with Crippen LogP contribution in [0.5, 0.6) is 0 Å². The molecule has 3 aliphatic rings. The summed E-state index contributed by atoms with van der Waals surface area (Å²) < 4.78 is 28.4. The lowest BCUT2D eigenvalue weighted by Gasteiger charge is -2.37. The van der Waals surface area contributed by atoms with E-state index in [9.17, 15) is 13.2 Å². The highest BCUT2D eigenvalue weighted by Crippen LogP contribution is 2.34. The van der Waals surface area contributed by atoms with Gasteiger partial charge in [-0.05, 0) is 37.8 Å². The van der Waals surface area contributed by atoms with Crippen molar-refractivity contribution in [3.05, 3.63) is 24.3 Å². The fourth-order valence-electron chi connectivity index (χ4n) is 3.75. The number of aliphatic imine (C=N–C) groups is 1. The van der Waals surface area contributed by atoms with Gasteiger partial charge in [0.15, 0.2) is 0 Å². The Morgan fingerprint density at radius 1 is 1.27 bits per heavy atom. The van der Waals surface area contributed by atoms with E-state index < -0.39 is 10.0 Å². The Balaban J connectivity index is 1.60. The molecule has 1 unspecified atom stereocenters. The average Bonchev–Trinajstić information content (AvgIpc) is 3.03. The van der Waals surface area contributed by atoms with Gasteiger partial charge in [0.05, 0.1) is 5.69 Å². The van der Waals surface area contributed by atoms with Crippen molar-refractivity contribution in [3.63, 3.8) is 0 Å². The lowest BCUT2D eigenvalue weighted by Crippen LogP contribution is -2.51. The van der Waals surface area contributed by atoms with Crippen LogP contribution < -0.4 is 5.01 Å². The van der Waals surface area contributed by atoms with Gasteiger partial charge in [-0.15, -0.1) is 4.40 Å². The van der Waals surface area contributed by atoms with E-state index >= 15 is 0 Å². The van der Waals surface area contributed by atoms with Crippen LogP contribution in [0.1, 0.15) is 32.6 Å². The van der Waals surface area contributed by atoms with E-state index in [1.165, 1.54) is 12.4 Å². The zero-order valence-corrected chi connectivity index (χ0v) is 15.4. The van der Waals surface area contributed by atoms with Gasteiger partial charge in [0.1, 0.15) is 17.8 Å². The van der Waals surface area contributed by atoms with E-state index in [0.717, 1.165) is 32.2 Å². The topological polar surface area (TPSA) is 85.6 Å². The molecule has 0 saturated carbocycles. The molecule has 0 N–H and O–H groups in total. The molecule has 1 amide bonds. The summed E-state index contributed by atoms with van der Waals surface area (Å²) in [5.41, 5.74) is 0.466. The predicted molar refractivity (Wildman–Crippen MR) is 98.4 cm³/mol. The van der Waals surface area contributed by atoms with Gasteiger partial charge in [-0.3, -0.25) is 9.80 Å². The molecule has 3 heterocycles. The summed E-state index contributed by atoms with van der Waals surface area (Å²) in [5, 5.41) is 3.23.